The lowest BCUT2D eigenvalue weighted by atomic mass is 9.99. The third-order valence-corrected chi connectivity index (χ3v) is 12.1. The number of hydrogen-bond donors (Lipinski definition) is 4. The summed E-state index contributed by atoms with van der Waals surface area (Å²) < 4.78 is 22.9. The van der Waals surface area contributed by atoms with Crippen LogP contribution in [0.2, 0.25) is 0 Å². The molecule has 1 rings (SSSR count). The van der Waals surface area contributed by atoms with Crippen molar-refractivity contribution >= 4 is 5.97 Å². The van der Waals surface area contributed by atoms with E-state index in [1.54, 1.807) is 0 Å². The molecule has 6 unspecified atom stereocenters. The SMILES string of the molecule is CC/C=C\C/C=C\C/C=C\C/C=C\C/C=C\C/C=C\C/C=C\CCCCOCC(COC1OC(CO)C(O)C(O)C1O)OC(=O)CCCCCCCCCCCCCC/C=C\C/C=C\C/C=C\C/C=C\CC. The van der Waals surface area contributed by atoms with Crippen molar-refractivity contribution in [3.8, 4) is 0 Å². The van der Waals surface area contributed by atoms with E-state index in [2.05, 4.69) is 148 Å². The first-order valence-electron chi connectivity index (χ1n) is 28.3. The average molecular weight is 1000 g/mol. The molecule has 6 atom stereocenters. The second-order valence-corrected chi connectivity index (χ2v) is 18.6. The van der Waals surface area contributed by atoms with E-state index in [0.29, 0.717) is 13.0 Å². The predicted octanol–water partition coefficient (Wildman–Crippen LogP) is 14.8. The molecule has 0 amide bonds. The number of esters is 1. The maximum Gasteiger partial charge on any atom is 0.306 e. The van der Waals surface area contributed by atoms with Crippen LogP contribution in [0.4, 0.5) is 0 Å². The summed E-state index contributed by atoms with van der Waals surface area (Å²) in [5, 5.41) is 40.4. The third kappa shape index (κ3) is 41.8. The lowest BCUT2D eigenvalue weighted by molar-refractivity contribution is -0.305. The van der Waals surface area contributed by atoms with Crippen molar-refractivity contribution in [2.45, 2.75) is 230 Å². The zero-order valence-electron chi connectivity index (χ0n) is 45.1. The number of aliphatic hydroxyl groups is 4. The second kappa shape index (κ2) is 52.2. The Balaban J connectivity index is 2.22. The first kappa shape index (κ1) is 66.3. The molecule has 1 heterocycles. The molecule has 0 saturated carbocycles. The van der Waals surface area contributed by atoms with Gasteiger partial charge in [0.15, 0.2) is 6.29 Å². The van der Waals surface area contributed by atoms with Crippen molar-refractivity contribution in [2.24, 2.45) is 0 Å². The van der Waals surface area contributed by atoms with Crippen LogP contribution in [0, 0.1) is 0 Å². The summed E-state index contributed by atoms with van der Waals surface area (Å²) in [6, 6.07) is 0. The number of allylic oxidation sites excluding steroid dienone is 22. The third-order valence-electron chi connectivity index (χ3n) is 12.1. The first-order chi connectivity index (χ1) is 35.4. The Morgan fingerprint density at radius 2 is 0.806 bits per heavy atom. The van der Waals surface area contributed by atoms with Gasteiger partial charge in [-0.15, -0.1) is 0 Å². The molecule has 1 saturated heterocycles. The molecule has 1 aliphatic rings. The van der Waals surface area contributed by atoms with Gasteiger partial charge in [0.25, 0.3) is 0 Å². The Labute approximate surface area is 439 Å². The maximum absolute atomic E-state index is 12.9. The van der Waals surface area contributed by atoms with Crippen molar-refractivity contribution < 1.29 is 44.2 Å². The second-order valence-electron chi connectivity index (χ2n) is 18.6. The van der Waals surface area contributed by atoms with Crippen molar-refractivity contribution in [2.75, 3.05) is 26.4 Å². The Bertz CT molecular complexity index is 1560. The van der Waals surface area contributed by atoms with E-state index in [0.717, 1.165) is 109 Å². The molecule has 9 nitrogen and oxygen atoms in total. The van der Waals surface area contributed by atoms with Crippen LogP contribution in [0.25, 0.3) is 0 Å². The summed E-state index contributed by atoms with van der Waals surface area (Å²) >= 11 is 0. The smallest absolute Gasteiger partial charge is 0.306 e. The average Bonchev–Trinajstić information content (AvgIpc) is 3.38. The highest BCUT2D eigenvalue weighted by molar-refractivity contribution is 5.69. The van der Waals surface area contributed by atoms with Gasteiger partial charge in [0.1, 0.15) is 30.5 Å². The molecule has 0 spiro atoms. The molecule has 0 aliphatic carbocycles. The highest BCUT2D eigenvalue weighted by atomic mass is 16.7. The number of hydrogen-bond acceptors (Lipinski definition) is 9. The van der Waals surface area contributed by atoms with E-state index < -0.39 is 43.4 Å². The van der Waals surface area contributed by atoms with E-state index in [1.165, 1.54) is 64.2 Å². The Morgan fingerprint density at radius 1 is 0.444 bits per heavy atom. The number of aliphatic hydroxyl groups excluding tert-OH is 4. The Hall–Kier alpha value is -3.67. The van der Waals surface area contributed by atoms with Crippen LogP contribution in [-0.2, 0) is 23.7 Å². The fourth-order valence-corrected chi connectivity index (χ4v) is 7.76. The van der Waals surface area contributed by atoms with E-state index in [1.807, 2.05) is 0 Å². The van der Waals surface area contributed by atoms with Crippen LogP contribution in [0.15, 0.2) is 134 Å². The number of carbonyl (C=O) groups excluding carboxylic acids is 1. The van der Waals surface area contributed by atoms with Gasteiger partial charge in [-0.2, -0.15) is 0 Å². The summed E-state index contributed by atoms with van der Waals surface area (Å²) in [6.45, 7) is 4.21. The molecule has 0 aromatic rings. The van der Waals surface area contributed by atoms with Gasteiger partial charge < -0.3 is 39.4 Å². The number of unbranched alkanes of at least 4 members (excludes halogenated alkanes) is 14. The normalized spacial score (nSPS) is 19.8. The number of carbonyl (C=O) groups is 1. The molecule has 0 bridgehead atoms. The number of rotatable bonds is 47. The van der Waals surface area contributed by atoms with Crippen molar-refractivity contribution in [3.05, 3.63) is 134 Å². The van der Waals surface area contributed by atoms with E-state index in [9.17, 15) is 25.2 Å². The van der Waals surface area contributed by atoms with E-state index >= 15 is 0 Å². The fraction of sp³-hybridized carbons (Fsp3) is 0.635. The largest absolute Gasteiger partial charge is 0.457 e. The van der Waals surface area contributed by atoms with Crippen LogP contribution in [-0.4, -0.2) is 89.6 Å². The monoisotopic (exact) mass is 1000 g/mol. The minimum atomic E-state index is -1.56. The zero-order valence-corrected chi connectivity index (χ0v) is 45.1. The predicted molar refractivity (Wildman–Crippen MR) is 302 cm³/mol. The molecule has 4 N–H and O–H groups in total. The van der Waals surface area contributed by atoms with Gasteiger partial charge in [0.05, 0.1) is 19.8 Å². The van der Waals surface area contributed by atoms with Crippen LogP contribution in [0.3, 0.4) is 0 Å². The Morgan fingerprint density at radius 3 is 1.21 bits per heavy atom. The maximum atomic E-state index is 12.9. The van der Waals surface area contributed by atoms with Gasteiger partial charge in [0.2, 0.25) is 0 Å². The molecular weight excluding hydrogens is 901 g/mol. The standard InChI is InChI=1S/C63H102O9/c1-3-5-7-9-11-13-15-17-19-21-23-25-27-29-30-32-34-36-38-40-42-44-46-48-50-52-59(65)71-57(56-70-63-62(68)61(67)60(66)58(54-64)72-63)55-69-53-51-49-47-45-43-41-39-37-35-33-31-28-26-24-22-20-18-16-14-12-10-8-6-4-2/h5-8,11-14,17-20,23-26,31,33,37,39,43,45,57-58,60-64,66-68H,3-4,9-10,15-16,21-22,27-30,32,34-36,38,40-42,44,46-56H2,1-2H3/b7-5-,8-6-,13-11-,14-12-,19-17-,20-18-,25-23-,26-24-,33-31-,39-37-,45-43-. The van der Waals surface area contributed by atoms with Gasteiger partial charge in [-0.25, -0.2) is 0 Å². The van der Waals surface area contributed by atoms with Crippen LogP contribution in [0.5, 0.6) is 0 Å². The molecule has 1 fully saturated rings. The first-order valence-corrected chi connectivity index (χ1v) is 28.3. The molecule has 9 heteroatoms. The lowest BCUT2D eigenvalue weighted by Crippen LogP contribution is -2.59. The minimum absolute atomic E-state index is 0.105. The molecule has 0 aromatic carbocycles. The summed E-state index contributed by atoms with van der Waals surface area (Å²) in [7, 11) is 0. The molecule has 1 aliphatic heterocycles. The highest BCUT2D eigenvalue weighted by Crippen LogP contribution is 2.23. The molecular formula is C63H102O9. The van der Waals surface area contributed by atoms with Crippen LogP contribution in [0.1, 0.15) is 194 Å². The Kier molecular flexibility index (Phi) is 48.1. The topological polar surface area (TPSA) is 135 Å². The summed E-state index contributed by atoms with van der Waals surface area (Å²) in [5.74, 6) is -0.337. The van der Waals surface area contributed by atoms with Gasteiger partial charge in [-0.3, -0.25) is 4.79 Å². The molecule has 72 heavy (non-hydrogen) atoms. The molecule has 0 radical (unpaired) electrons. The fourth-order valence-electron chi connectivity index (χ4n) is 7.76. The van der Waals surface area contributed by atoms with Gasteiger partial charge >= 0.3 is 5.97 Å². The van der Waals surface area contributed by atoms with Crippen LogP contribution >= 0.6 is 0 Å². The van der Waals surface area contributed by atoms with E-state index in [4.69, 9.17) is 18.9 Å². The number of ether oxygens (including phenoxy) is 4. The van der Waals surface area contributed by atoms with Gasteiger partial charge in [0, 0.05) is 13.0 Å². The zero-order chi connectivity index (χ0) is 52.1. The summed E-state index contributed by atoms with van der Waals surface area (Å²) in [5.41, 5.74) is 0. The summed E-state index contributed by atoms with van der Waals surface area (Å²) in [6.07, 6.45) is 70.7. The highest BCUT2D eigenvalue weighted by Gasteiger charge is 2.44. The summed E-state index contributed by atoms with van der Waals surface area (Å²) in [4.78, 5) is 12.9. The van der Waals surface area contributed by atoms with Gasteiger partial charge in [-0.05, 0) is 109 Å². The van der Waals surface area contributed by atoms with Gasteiger partial charge in [-0.1, -0.05) is 212 Å². The lowest BCUT2D eigenvalue weighted by Gasteiger charge is -2.39. The molecule has 0 aromatic heterocycles. The quantitative estimate of drug-likeness (QED) is 0.0267. The van der Waals surface area contributed by atoms with Crippen molar-refractivity contribution in [1.82, 2.24) is 0 Å². The van der Waals surface area contributed by atoms with Crippen molar-refractivity contribution in [1.29, 1.82) is 0 Å². The molecule has 408 valence electrons. The van der Waals surface area contributed by atoms with E-state index in [-0.39, 0.29) is 19.2 Å². The minimum Gasteiger partial charge on any atom is -0.457 e. The van der Waals surface area contributed by atoms with Crippen LogP contribution < -0.4 is 0 Å². The van der Waals surface area contributed by atoms with Crippen molar-refractivity contribution in [3.63, 3.8) is 0 Å².